The lowest BCUT2D eigenvalue weighted by Gasteiger charge is -2.34. The van der Waals surface area contributed by atoms with Crippen molar-refractivity contribution in [2.45, 2.75) is 57.1 Å². The van der Waals surface area contributed by atoms with E-state index in [0.29, 0.717) is 0 Å². The van der Waals surface area contributed by atoms with Gasteiger partial charge in [0, 0.05) is 7.11 Å². The van der Waals surface area contributed by atoms with Crippen LogP contribution < -0.4 is 5.32 Å². The third-order valence-electron chi connectivity index (χ3n) is 4.49. The predicted molar refractivity (Wildman–Crippen MR) is 122 cm³/mol. The average molecular weight is 565 g/mol. The fraction of sp³-hybridized carbons (Fsp3) is 0.636. The van der Waals surface area contributed by atoms with Gasteiger partial charge < -0.3 is 44.3 Å². The number of aliphatic carboxylic acids is 3. The van der Waals surface area contributed by atoms with Crippen molar-refractivity contribution in [2.75, 3.05) is 33.5 Å². The lowest BCUT2D eigenvalue weighted by molar-refractivity contribution is -0.164. The van der Waals surface area contributed by atoms with Crippen LogP contribution in [0, 0.1) is 0 Å². The summed E-state index contributed by atoms with van der Waals surface area (Å²) in [5, 5.41) is 28.5. The second-order valence-electron chi connectivity index (χ2n) is 8.00. The summed E-state index contributed by atoms with van der Waals surface area (Å²) in [6.45, 7) is -1.90. The van der Waals surface area contributed by atoms with Gasteiger partial charge in [0.05, 0.1) is 38.5 Å². The van der Waals surface area contributed by atoms with Crippen LogP contribution in [0.3, 0.4) is 0 Å². The number of esters is 4. The van der Waals surface area contributed by atoms with E-state index in [2.05, 4.69) is 10.1 Å². The molecule has 0 fully saturated rings. The van der Waals surface area contributed by atoms with Gasteiger partial charge in [-0.25, -0.2) is 4.79 Å². The quantitative estimate of drug-likeness (QED) is 0.0981. The average Bonchev–Trinajstić information content (AvgIpc) is 2.85. The number of nitrogens with one attached hydrogen (secondary N) is 1. The Bertz CT molecular complexity index is 830. The van der Waals surface area contributed by atoms with Gasteiger partial charge in [0.2, 0.25) is 0 Å². The standard InChI is InChI=1S/C22H31NO16/c1-13(39-20(33)9-35-2)21(34)23-22(10-36-17(30)6-3-14(24)25,11-37-18(31)7-4-15(26)27)12-38-19(32)8-5-16(28)29/h13H,3-12H2,1-2H3,(H,23,34)(H,24,25)(H,26,27)(H,28,29). The minimum Gasteiger partial charge on any atom is -0.481 e. The molecule has 0 aliphatic rings. The number of carbonyl (C=O) groups is 8. The number of carboxylic acids is 3. The number of methoxy groups -OCH3 is 1. The van der Waals surface area contributed by atoms with Crippen LogP contribution in [0.1, 0.15) is 45.4 Å². The van der Waals surface area contributed by atoms with Gasteiger partial charge in [-0.3, -0.25) is 33.6 Å². The van der Waals surface area contributed by atoms with Crippen molar-refractivity contribution in [3.05, 3.63) is 0 Å². The fourth-order valence-electron chi connectivity index (χ4n) is 2.50. The molecule has 17 nitrogen and oxygen atoms in total. The van der Waals surface area contributed by atoms with Crippen molar-refractivity contribution >= 4 is 47.7 Å². The molecule has 0 aromatic rings. The topological polar surface area (TPSA) is 255 Å². The summed E-state index contributed by atoms with van der Waals surface area (Å²) in [4.78, 5) is 92.7. The Morgan fingerprint density at radius 3 is 1.31 bits per heavy atom. The number of hydrogen-bond donors (Lipinski definition) is 4. The largest absolute Gasteiger partial charge is 0.481 e. The number of hydrogen-bond acceptors (Lipinski definition) is 13. The first-order chi connectivity index (χ1) is 18.2. The number of carbonyl (C=O) groups excluding carboxylic acids is 5. The lowest BCUT2D eigenvalue weighted by Crippen LogP contribution is -2.61. The van der Waals surface area contributed by atoms with Gasteiger partial charge in [-0.15, -0.1) is 0 Å². The Hall–Kier alpha value is -4.28. The first kappa shape index (κ1) is 34.7. The normalized spacial score (nSPS) is 11.4. The summed E-state index contributed by atoms with van der Waals surface area (Å²) in [6, 6.07) is 0. The van der Waals surface area contributed by atoms with Crippen LogP contribution >= 0.6 is 0 Å². The predicted octanol–water partition coefficient (Wildman–Crippen LogP) is -1.36. The van der Waals surface area contributed by atoms with Crippen LogP contribution in [-0.2, 0) is 62.0 Å². The minimum atomic E-state index is -2.05. The minimum absolute atomic E-state index is 0.494. The van der Waals surface area contributed by atoms with E-state index < -0.39 is 124 Å². The van der Waals surface area contributed by atoms with Crippen LogP contribution in [0.25, 0.3) is 0 Å². The van der Waals surface area contributed by atoms with Gasteiger partial charge in [-0.1, -0.05) is 0 Å². The second kappa shape index (κ2) is 18.1. The molecule has 220 valence electrons. The third-order valence-corrected chi connectivity index (χ3v) is 4.49. The van der Waals surface area contributed by atoms with E-state index in [1.807, 2.05) is 0 Å². The first-order valence-electron chi connectivity index (χ1n) is 11.3. The summed E-state index contributed by atoms with van der Waals surface area (Å²) in [7, 11) is 1.20. The molecular weight excluding hydrogens is 534 g/mol. The summed E-state index contributed by atoms with van der Waals surface area (Å²) in [5.41, 5.74) is -2.05. The zero-order valence-electron chi connectivity index (χ0n) is 21.3. The Balaban J connectivity index is 5.91. The molecule has 0 heterocycles. The maximum absolute atomic E-state index is 12.8. The van der Waals surface area contributed by atoms with Gasteiger partial charge >= 0.3 is 41.8 Å². The molecule has 17 heteroatoms. The molecule has 1 atom stereocenters. The molecule has 0 aromatic heterocycles. The van der Waals surface area contributed by atoms with Crippen molar-refractivity contribution in [1.82, 2.24) is 5.32 Å². The first-order valence-corrected chi connectivity index (χ1v) is 11.3. The molecule has 1 unspecified atom stereocenters. The highest BCUT2D eigenvalue weighted by molar-refractivity contribution is 5.84. The molecule has 0 aromatic carbocycles. The van der Waals surface area contributed by atoms with E-state index in [0.717, 1.165) is 6.92 Å². The SMILES string of the molecule is COCC(=O)OC(C)C(=O)NC(COC(=O)CCC(=O)O)(COC(=O)CCC(=O)O)COC(=O)CCC(=O)O. The maximum atomic E-state index is 12.8. The van der Waals surface area contributed by atoms with Crippen LogP contribution in [0.15, 0.2) is 0 Å². The number of carboxylic acid groups (broad SMARTS) is 3. The Labute approximate surface area is 221 Å². The highest BCUT2D eigenvalue weighted by atomic mass is 16.6. The van der Waals surface area contributed by atoms with E-state index in [-0.39, 0.29) is 0 Å². The van der Waals surface area contributed by atoms with Crippen molar-refractivity contribution < 1.29 is 77.4 Å². The lowest BCUT2D eigenvalue weighted by atomic mass is 10.0. The molecule has 39 heavy (non-hydrogen) atoms. The van der Waals surface area contributed by atoms with Gasteiger partial charge in [-0.2, -0.15) is 0 Å². The molecule has 0 aliphatic carbocycles. The summed E-state index contributed by atoms with van der Waals surface area (Å²) >= 11 is 0. The molecule has 4 N–H and O–H groups in total. The van der Waals surface area contributed by atoms with Crippen LogP contribution in [0.4, 0.5) is 0 Å². The molecule has 0 spiro atoms. The molecule has 0 aliphatic heterocycles. The molecule has 0 saturated carbocycles. The zero-order chi connectivity index (χ0) is 30.0. The van der Waals surface area contributed by atoms with Crippen LogP contribution in [0.2, 0.25) is 0 Å². The second-order valence-corrected chi connectivity index (χ2v) is 8.00. The van der Waals surface area contributed by atoms with Gasteiger partial charge in [0.25, 0.3) is 5.91 Å². The van der Waals surface area contributed by atoms with Crippen LogP contribution in [0.5, 0.6) is 0 Å². The maximum Gasteiger partial charge on any atom is 0.332 e. The van der Waals surface area contributed by atoms with Gasteiger partial charge in [0.1, 0.15) is 32.0 Å². The Morgan fingerprint density at radius 2 is 1.00 bits per heavy atom. The van der Waals surface area contributed by atoms with Crippen molar-refractivity contribution in [2.24, 2.45) is 0 Å². The molecular formula is C22H31NO16. The molecule has 0 rings (SSSR count). The van der Waals surface area contributed by atoms with E-state index >= 15 is 0 Å². The van der Waals surface area contributed by atoms with Gasteiger partial charge in [0.15, 0.2) is 6.10 Å². The summed E-state index contributed by atoms with van der Waals surface area (Å²) < 4.78 is 24.5. The number of rotatable bonds is 20. The van der Waals surface area contributed by atoms with E-state index in [1.54, 1.807) is 0 Å². The summed E-state index contributed by atoms with van der Waals surface area (Å²) in [6.07, 6.45) is -5.03. The monoisotopic (exact) mass is 565 g/mol. The fourth-order valence-corrected chi connectivity index (χ4v) is 2.50. The van der Waals surface area contributed by atoms with Gasteiger partial charge in [-0.05, 0) is 6.92 Å². The van der Waals surface area contributed by atoms with E-state index in [9.17, 15) is 38.4 Å². The molecule has 0 radical (unpaired) electrons. The smallest absolute Gasteiger partial charge is 0.332 e. The third kappa shape index (κ3) is 17.0. The molecule has 1 amide bonds. The Kier molecular flexibility index (Phi) is 16.1. The van der Waals surface area contributed by atoms with Crippen molar-refractivity contribution in [3.8, 4) is 0 Å². The number of ether oxygens (including phenoxy) is 5. The van der Waals surface area contributed by atoms with Crippen molar-refractivity contribution in [1.29, 1.82) is 0 Å². The van der Waals surface area contributed by atoms with Crippen LogP contribution in [-0.4, -0.2) is 108 Å². The Morgan fingerprint density at radius 1 is 0.641 bits per heavy atom. The highest BCUT2D eigenvalue weighted by Gasteiger charge is 2.39. The number of amides is 1. The van der Waals surface area contributed by atoms with E-state index in [4.69, 9.17) is 34.3 Å². The van der Waals surface area contributed by atoms with E-state index in [1.165, 1.54) is 7.11 Å². The highest BCUT2D eigenvalue weighted by Crippen LogP contribution is 2.13. The zero-order valence-corrected chi connectivity index (χ0v) is 21.3. The van der Waals surface area contributed by atoms with Crippen molar-refractivity contribution in [3.63, 3.8) is 0 Å². The molecule has 0 bridgehead atoms. The summed E-state index contributed by atoms with van der Waals surface area (Å²) in [5.74, 6) is -9.04. The molecule has 0 saturated heterocycles.